The second-order valence-electron chi connectivity index (χ2n) is 7.35. The minimum Gasteiger partial charge on any atom is -0.354 e. The van der Waals surface area contributed by atoms with Crippen molar-refractivity contribution < 1.29 is 14.4 Å². The number of hydrogen-bond donors (Lipinski definition) is 2. The third-order valence-electron chi connectivity index (χ3n) is 5.44. The van der Waals surface area contributed by atoms with E-state index in [4.69, 9.17) is 0 Å². The molecule has 2 aliphatic rings. The Hall–Kier alpha value is -2.39. The zero-order valence-corrected chi connectivity index (χ0v) is 18.4. The Balaban J connectivity index is 1.47. The van der Waals surface area contributed by atoms with Crippen LogP contribution in [0.1, 0.15) is 34.5 Å². The Morgan fingerprint density at radius 3 is 2.93 bits per heavy atom. The number of amides is 3. The number of carbonyl (C=O) groups is 3. The van der Waals surface area contributed by atoms with Crippen molar-refractivity contribution in [2.45, 2.75) is 31.7 Å². The van der Waals surface area contributed by atoms with E-state index >= 15 is 0 Å². The molecule has 4 rings (SSSR count). The molecule has 3 heterocycles. The van der Waals surface area contributed by atoms with Gasteiger partial charge in [0.1, 0.15) is 0 Å². The number of carbonyl (C=O) groups excluding carboxylic acids is 3. The minimum absolute atomic E-state index is 0.0420. The molecule has 2 aliphatic heterocycles. The van der Waals surface area contributed by atoms with Gasteiger partial charge in [-0.3, -0.25) is 19.4 Å². The molecule has 30 heavy (non-hydrogen) atoms. The fourth-order valence-electron chi connectivity index (χ4n) is 4.02. The van der Waals surface area contributed by atoms with Crippen molar-refractivity contribution in [3.05, 3.63) is 34.7 Å². The van der Waals surface area contributed by atoms with E-state index in [-0.39, 0.29) is 23.8 Å². The van der Waals surface area contributed by atoms with Gasteiger partial charge in [-0.1, -0.05) is 30.0 Å². The van der Waals surface area contributed by atoms with Gasteiger partial charge in [0.25, 0.3) is 5.91 Å². The van der Waals surface area contributed by atoms with Gasteiger partial charge in [0.15, 0.2) is 5.17 Å². The first-order valence-electron chi connectivity index (χ1n) is 10.1. The summed E-state index contributed by atoms with van der Waals surface area (Å²) in [5.41, 5.74) is 1.03. The van der Waals surface area contributed by atoms with Crippen LogP contribution in [-0.2, 0) is 16.0 Å². The molecule has 158 valence electrons. The topological polar surface area (TPSA) is 90.9 Å². The molecule has 1 aromatic carbocycles. The summed E-state index contributed by atoms with van der Waals surface area (Å²) >= 11 is 2.88. The third kappa shape index (κ3) is 4.37. The molecule has 2 N–H and O–H groups in total. The Bertz CT molecular complexity index is 1020. The summed E-state index contributed by atoms with van der Waals surface area (Å²) in [6, 6.07) is 8.15. The maximum atomic E-state index is 12.8. The maximum Gasteiger partial charge on any atom is 0.261 e. The van der Waals surface area contributed by atoms with Crippen LogP contribution in [0.5, 0.6) is 0 Å². The molecule has 3 amide bonds. The van der Waals surface area contributed by atoms with E-state index in [1.165, 1.54) is 23.1 Å². The lowest BCUT2D eigenvalue weighted by atomic mass is 10.00. The number of nitrogens with zero attached hydrogens (tertiary/aromatic N) is 2. The van der Waals surface area contributed by atoms with Gasteiger partial charge in [0.05, 0.1) is 17.2 Å². The SMILES string of the molecule is CNC(=O)c1sc2ccccc2c1CC1CCCN1C(=O)CCN=C1NC(=O)CS1. The molecule has 2 aromatic rings. The minimum atomic E-state index is -0.0750. The quantitative estimate of drug-likeness (QED) is 0.716. The fourth-order valence-corrected chi connectivity index (χ4v) is 5.91. The highest BCUT2D eigenvalue weighted by atomic mass is 32.2. The number of fused-ring (bicyclic) bond motifs is 1. The predicted molar refractivity (Wildman–Crippen MR) is 121 cm³/mol. The maximum absolute atomic E-state index is 12.8. The second-order valence-corrected chi connectivity index (χ2v) is 9.36. The second kappa shape index (κ2) is 9.18. The fraction of sp³-hybridized carbons (Fsp3) is 0.429. The summed E-state index contributed by atoms with van der Waals surface area (Å²) in [6.07, 6.45) is 2.90. The molecule has 0 bridgehead atoms. The van der Waals surface area contributed by atoms with Gasteiger partial charge in [0, 0.05) is 30.8 Å². The van der Waals surface area contributed by atoms with Crippen molar-refractivity contribution in [3.63, 3.8) is 0 Å². The first-order chi connectivity index (χ1) is 14.6. The van der Waals surface area contributed by atoms with Crippen molar-refractivity contribution in [3.8, 4) is 0 Å². The number of hydrogen-bond acceptors (Lipinski definition) is 6. The Labute approximate surface area is 183 Å². The smallest absolute Gasteiger partial charge is 0.261 e. The van der Waals surface area contributed by atoms with Crippen molar-refractivity contribution in [1.82, 2.24) is 15.5 Å². The zero-order chi connectivity index (χ0) is 21.1. The average molecular weight is 445 g/mol. The summed E-state index contributed by atoms with van der Waals surface area (Å²) in [5.74, 6) is 0.356. The third-order valence-corrected chi connectivity index (χ3v) is 7.56. The summed E-state index contributed by atoms with van der Waals surface area (Å²) in [7, 11) is 1.65. The number of thioether (sulfide) groups is 1. The molecule has 2 saturated heterocycles. The highest BCUT2D eigenvalue weighted by Gasteiger charge is 2.31. The predicted octanol–water partition coefficient (Wildman–Crippen LogP) is 2.40. The van der Waals surface area contributed by atoms with E-state index in [2.05, 4.69) is 21.7 Å². The van der Waals surface area contributed by atoms with E-state index in [1.807, 2.05) is 23.1 Å². The van der Waals surface area contributed by atoms with Gasteiger partial charge >= 0.3 is 0 Å². The van der Waals surface area contributed by atoms with Gasteiger partial charge in [0.2, 0.25) is 11.8 Å². The molecule has 7 nitrogen and oxygen atoms in total. The first kappa shape index (κ1) is 20.9. The normalized spacial score (nSPS) is 20.2. The summed E-state index contributed by atoms with van der Waals surface area (Å²) in [6.45, 7) is 1.11. The van der Waals surface area contributed by atoms with E-state index in [0.717, 1.165) is 39.9 Å². The van der Waals surface area contributed by atoms with Crippen LogP contribution in [0.3, 0.4) is 0 Å². The van der Waals surface area contributed by atoms with Gasteiger partial charge in [-0.25, -0.2) is 0 Å². The van der Waals surface area contributed by atoms with Crippen LogP contribution in [0.25, 0.3) is 10.1 Å². The molecule has 0 saturated carbocycles. The average Bonchev–Trinajstić information content (AvgIpc) is 3.47. The lowest BCUT2D eigenvalue weighted by Gasteiger charge is -2.25. The van der Waals surface area contributed by atoms with Crippen LogP contribution in [-0.4, -0.2) is 59.7 Å². The Morgan fingerprint density at radius 2 is 2.17 bits per heavy atom. The van der Waals surface area contributed by atoms with E-state index in [1.54, 1.807) is 7.05 Å². The summed E-state index contributed by atoms with van der Waals surface area (Å²) in [5, 5.41) is 7.13. The molecular formula is C21H24N4O3S2. The molecule has 1 aromatic heterocycles. The van der Waals surface area contributed by atoms with Crippen molar-refractivity contribution in [2.75, 3.05) is 25.9 Å². The number of likely N-dealkylation sites (tertiary alicyclic amines) is 1. The number of amidine groups is 1. The van der Waals surface area contributed by atoms with Crippen LogP contribution in [0.2, 0.25) is 0 Å². The van der Waals surface area contributed by atoms with Gasteiger partial charge in [-0.2, -0.15) is 0 Å². The highest BCUT2D eigenvalue weighted by Crippen LogP contribution is 2.34. The molecule has 0 spiro atoms. The highest BCUT2D eigenvalue weighted by molar-refractivity contribution is 8.15. The van der Waals surface area contributed by atoms with Crippen molar-refractivity contribution in [1.29, 1.82) is 0 Å². The van der Waals surface area contributed by atoms with E-state index in [9.17, 15) is 14.4 Å². The van der Waals surface area contributed by atoms with Crippen molar-refractivity contribution in [2.24, 2.45) is 4.99 Å². The monoisotopic (exact) mass is 444 g/mol. The summed E-state index contributed by atoms with van der Waals surface area (Å²) < 4.78 is 1.09. The lowest BCUT2D eigenvalue weighted by Crippen LogP contribution is -2.37. The van der Waals surface area contributed by atoms with Crippen LogP contribution in [0, 0.1) is 0 Å². The molecular weight excluding hydrogens is 420 g/mol. The molecule has 0 radical (unpaired) electrons. The molecule has 1 unspecified atom stereocenters. The number of rotatable bonds is 6. The number of aliphatic imine (C=N–C) groups is 1. The Morgan fingerprint density at radius 1 is 1.33 bits per heavy atom. The van der Waals surface area contributed by atoms with E-state index in [0.29, 0.717) is 30.3 Å². The largest absolute Gasteiger partial charge is 0.354 e. The molecule has 0 aliphatic carbocycles. The van der Waals surface area contributed by atoms with Gasteiger partial charge in [-0.15, -0.1) is 11.3 Å². The first-order valence-corrected chi connectivity index (χ1v) is 11.9. The number of nitrogens with one attached hydrogen (secondary N) is 2. The summed E-state index contributed by atoms with van der Waals surface area (Å²) in [4.78, 5) is 43.5. The van der Waals surface area contributed by atoms with Crippen LogP contribution in [0.15, 0.2) is 29.3 Å². The van der Waals surface area contributed by atoms with Crippen LogP contribution in [0.4, 0.5) is 0 Å². The molecule has 9 heteroatoms. The molecule has 2 fully saturated rings. The van der Waals surface area contributed by atoms with Gasteiger partial charge < -0.3 is 15.5 Å². The zero-order valence-electron chi connectivity index (χ0n) is 16.8. The number of thiophene rings is 1. The van der Waals surface area contributed by atoms with E-state index < -0.39 is 0 Å². The number of benzene rings is 1. The lowest BCUT2D eigenvalue weighted by molar-refractivity contribution is -0.131. The molecule has 1 atom stereocenters. The standard InChI is InChI=1S/C21H24N4O3S2/c1-22-20(28)19-15(14-6-2-3-7-16(14)30-19)11-13-5-4-10-25(13)18(27)8-9-23-21-24-17(26)12-29-21/h2-3,6-7,13H,4-5,8-12H2,1H3,(H,22,28)(H,23,24,26). The van der Waals surface area contributed by atoms with Gasteiger partial charge in [-0.05, 0) is 36.3 Å². The van der Waals surface area contributed by atoms with Crippen LogP contribution >= 0.6 is 23.1 Å². The van der Waals surface area contributed by atoms with Crippen molar-refractivity contribution >= 4 is 56.1 Å². The Kier molecular flexibility index (Phi) is 6.38. The van der Waals surface area contributed by atoms with Crippen LogP contribution < -0.4 is 10.6 Å².